The predicted molar refractivity (Wildman–Crippen MR) is 97.6 cm³/mol. The zero-order valence-corrected chi connectivity index (χ0v) is 16.4. The van der Waals surface area contributed by atoms with Crippen LogP contribution < -0.4 is 10.6 Å². The topological polar surface area (TPSA) is 108 Å². The molecule has 3 rings (SSSR count). The van der Waals surface area contributed by atoms with Crippen LogP contribution in [0.2, 0.25) is 0 Å². The molecule has 0 saturated carbocycles. The van der Waals surface area contributed by atoms with Crippen molar-refractivity contribution in [2.45, 2.75) is 69.7 Å². The van der Waals surface area contributed by atoms with Gasteiger partial charge in [0.1, 0.15) is 11.6 Å². The van der Waals surface area contributed by atoms with Crippen LogP contribution in [0.5, 0.6) is 0 Å². The molecule has 3 aliphatic rings. The third-order valence-electron chi connectivity index (χ3n) is 6.35. The summed E-state index contributed by atoms with van der Waals surface area (Å²) in [7, 11) is 1.55. The van der Waals surface area contributed by atoms with E-state index in [0.29, 0.717) is 19.4 Å². The van der Waals surface area contributed by atoms with Gasteiger partial charge in [-0.05, 0) is 26.2 Å². The molecule has 0 radical (unpaired) electrons. The van der Waals surface area contributed by atoms with E-state index in [1.807, 2.05) is 0 Å². The number of rotatable bonds is 8. The van der Waals surface area contributed by atoms with Crippen molar-refractivity contribution in [1.29, 1.82) is 0 Å². The molecule has 3 fully saturated rings. The molecule has 3 saturated heterocycles. The number of nitrogens with one attached hydrogen (secondary N) is 2. The minimum atomic E-state index is -0.975. The first-order valence-corrected chi connectivity index (χ1v) is 10.0. The lowest BCUT2D eigenvalue weighted by atomic mass is 9.70. The van der Waals surface area contributed by atoms with Crippen molar-refractivity contribution in [1.82, 2.24) is 15.5 Å². The molecular weight excluding hydrogens is 350 g/mol. The van der Waals surface area contributed by atoms with E-state index >= 15 is 0 Å². The Morgan fingerprint density at radius 3 is 2.74 bits per heavy atom. The van der Waals surface area contributed by atoms with Crippen molar-refractivity contribution in [3.63, 3.8) is 0 Å². The average molecular weight is 381 g/mol. The Labute approximate surface area is 160 Å². The normalized spacial score (nSPS) is 35.3. The van der Waals surface area contributed by atoms with Crippen LogP contribution in [-0.4, -0.2) is 71.7 Å². The van der Waals surface area contributed by atoms with Gasteiger partial charge in [0.15, 0.2) is 0 Å². The first-order valence-electron chi connectivity index (χ1n) is 10.0. The van der Waals surface area contributed by atoms with Gasteiger partial charge in [-0.3, -0.25) is 14.4 Å². The Kier molecular flexibility index (Phi) is 5.76. The number of unbranched alkanes of at least 4 members (excludes halogenated alkanes) is 2. The number of ether oxygens (including phenoxy) is 1. The molecule has 1 spiro atoms. The molecule has 8 nitrogen and oxygen atoms in total. The summed E-state index contributed by atoms with van der Waals surface area (Å²) in [5.74, 6) is -1.99. The fraction of sp³-hybridized carbons (Fsp3) is 0.842. The number of aliphatic hydroxyl groups is 1. The number of fused-ring (bicyclic) bond motifs is 1. The highest BCUT2D eigenvalue weighted by Gasteiger charge is 2.74. The van der Waals surface area contributed by atoms with Crippen LogP contribution in [0.25, 0.3) is 0 Å². The van der Waals surface area contributed by atoms with E-state index in [4.69, 9.17) is 4.74 Å². The van der Waals surface area contributed by atoms with Crippen molar-refractivity contribution in [3.05, 3.63) is 0 Å². The van der Waals surface area contributed by atoms with E-state index in [9.17, 15) is 19.5 Å². The van der Waals surface area contributed by atoms with Crippen molar-refractivity contribution in [3.8, 4) is 0 Å². The molecule has 27 heavy (non-hydrogen) atoms. The number of likely N-dealkylation sites (tertiary alicyclic amines) is 1. The smallest absolute Gasteiger partial charge is 0.245 e. The third kappa shape index (κ3) is 3.02. The summed E-state index contributed by atoms with van der Waals surface area (Å²) in [6.45, 7) is 4.11. The summed E-state index contributed by atoms with van der Waals surface area (Å²) in [6, 6.07) is -1.32. The Balaban J connectivity index is 1.91. The maximum atomic E-state index is 13.3. The van der Waals surface area contributed by atoms with Crippen LogP contribution >= 0.6 is 0 Å². The van der Waals surface area contributed by atoms with E-state index in [0.717, 1.165) is 19.3 Å². The van der Waals surface area contributed by atoms with Gasteiger partial charge in [-0.1, -0.05) is 19.8 Å². The monoisotopic (exact) mass is 381 g/mol. The summed E-state index contributed by atoms with van der Waals surface area (Å²) in [5, 5.41) is 15.2. The zero-order valence-electron chi connectivity index (χ0n) is 16.4. The minimum absolute atomic E-state index is 0.222. The van der Waals surface area contributed by atoms with Crippen LogP contribution in [0.3, 0.4) is 0 Å². The maximum Gasteiger partial charge on any atom is 0.245 e. The number of aliphatic hydroxyl groups excluding tert-OH is 1. The van der Waals surface area contributed by atoms with Gasteiger partial charge in [0.05, 0.1) is 30.6 Å². The Morgan fingerprint density at radius 2 is 2.11 bits per heavy atom. The first-order chi connectivity index (χ1) is 12.9. The van der Waals surface area contributed by atoms with Crippen LogP contribution in [0.15, 0.2) is 0 Å². The summed E-state index contributed by atoms with van der Waals surface area (Å²) in [6.07, 6.45) is 3.84. The standard InChI is InChI=1S/C19H31N3O5/c1-4-5-6-9-21-17(25)15-19-8-7-12(27-19)13(16(24)20-3)14(19)18(26)22(15)11(2)10-23/h11-15,23H,4-10H2,1-3H3,(H,20,24)(H,21,25)/t11-,12-,13+,14+,15?,19?/m1/s1. The lowest BCUT2D eigenvalue weighted by molar-refractivity contribution is -0.145. The summed E-state index contributed by atoms with van der Waals surface area (Å²) < 4.78 is 6.21. The third-order valence-corrected chi connectivity index (χ3v) is 6.35. The molecule has 3 amide bonds. The van der Waals surface area contributed by atoms with Crippen molar-refractivity contribution in [2.24, 2.45) is 11.8 Å². The number of carbonyl (C=O) groups is 3. The second-order valence-electron chi connectivity index (χ2n) is 7.95. The van der Waals surface area contributed by atoms with Gasteiger partial charge in [-0.15, -0.1) is 0 Å². The average Bonchev–Trinajstić information content (AvgIpc) is 3.31. The highest BCUT2D eigenvalue weighted by atomic mass is 16.5. The summed E-state index contributed by atoms with van der Waals surface area (Å²) in [4.78, 5) is 40.3. The van der Waals surface area contributed by atoms with Gasteiger partial charge >= 0.3 is 0 Å². The Morgan fingerprint density at radius 1 is 1.37 bits per heavy atom. The second-order valence-corrected chi connectivity index (χ2v) is 7.95. The highest BCUT2D eigenvalue weighted by molar-refractivity contribution is 5.99. The lowest BCUT2D eigenvalue weighted by Gasteiger charge is -2.35. The fourth-order valence-corrected chi connectivity index (χ4v) is 5.10. The maximum absolute atomic E-state index is 13.3. The van der Waals surface area contributed by atoms with E-state index in [1.165, 1.54) is 4.90 Å². The summed E-state index contributed by atoms with van der Waals surface area (Å²) in [5.41, 5.74) is -0.975. The van der Waals surface area contributed by atoms with E-state index in [2.05, 4.69) is 17.6 Å². The molecule has 0 aromatic rings. The van der Waals surface area contributed by atoms with Gasteiger partial charge in [-0.2, -0.15) is 0 Å². The SMILES string of the molecule is CCCCCNC(=O)C1N([C@H](C)CO)C(=O)[C@@H]2[C@@H](C(=O)NC)[C@H]3CCC12O3. The molecule has 8 heteroatoms. The number of amides is 3. The number of nitrogens with zero attached hydrogens (tertiary/aromatic N) is 1. The molecule has 2 unspecified atom stereocenters. The fourth-order valence-electron chi connectivity index (χ4n) is 5.10. The predicted octanol–water partition coefficient (Wildman–Crippen LogP) is -0.206. The van der Waals surface area contributed by atoms with E-state index < -0.39 is 29.5 Å². The molecule has 2 bridgehead atoms. The van der Waals surface area contributed by atoms with Crippen LogP contribution in [0.1, 0.15) is 46.0 Å². The summed E-state index contributed by atoms with van der Waals surface area (Å²) >= 11 is 0. The van der Waals surface area contributed by atoms with E-state index in [1.54, 1.807) is 14.0 Å². The Bertz CT molecular complexity index is 612. The van der Waals surface area contributed by atoms with Crippen LogP contribution in [0.4, 0.5) is 0 Å². The second kappa shape index (κ2) is 7.75. The van der Waals surface area contributed by atoms with Gasteiger partial charge in [0.2, 0.25) is 17.7 Å². The van der Waals surface area contributed by atoms with Crippen molar-refractivity contribution < 1.29 is 24.2 Å². The molecule has 152 valence electrons. The first kappa shape index (κ1) is 20.1. The zero-order chi connectivity index (χ0) is 19.8. The molecule has 3 aliphatic heterocycles. The minimum Gasteiger partial charge on any atom is -0.394 e. The van der Waals surface area contributed by atoms with Gasteiger partial charge in [-0.25, -0.2) is 0 Å². The molecule has 0 aromatic carbocycles. The van der Waals surface area contributed by atoms with Gasteiger partial charge < -0.3 is 25.4 Å². The molecule has 0 aliphatic carbocycles. The molecule has 0 aromatic heterocycles. The number of hydrogen-bond donors (Lipinski definition) is 3. The molecular formula is C19H31N3O5. The number of carbonyl (C=O) groups excluding carboxylic acids is 3. The molecule has 3 heterocycles. The van der Waals surface area contributed by atoms with Crippen molar-refractivity contribution >= 4 is 17.7 Å². The Hall–Kier alpha value is -1.67. The lowest BCUT2D eigenvalue weighted by Crippen LogP contribution is -2.57. The highest BCUT2D eigenvalue weighted by Crippen LogP contribution is 2.58. The van der Waals surface area contributed by atoms with Gasteiger partial charge in [0.25, 0.3) is 0 Å². The van der Waals surface area contributed by atoms with Gasteiger partial charge in [0, 0.05) is 13.6 Å². The quantitative estimate of drug-likeness (QED) is 0.505. The van der Waals surface area contributed by atoms with Crippen LogP contribution in [-0.2, 0) is 19.1 Å². The largest absolute Gasteiger partial charge is 0.394 e. The van der Waals surface area contributed by atoms with Crippen molar-refractivity contribution in [2.75, 3.05) is 20.2 Å². The van der Waals surface area contributed by atoms with E-state index in [-0.39, 0.29) is 30.4 Å². The molecule has 3 N–H and O–H groups in total. The molecule has 6 atom stereocenters. The number of hydrogen-bond acceptors (Lipinski definition) is 5. The van der Waals surface area contributed by atoms with Crippen LogP contribution in [0, 0.1) is 11.8 Å².